The van der Waals surface area contributed by atoms with Crippen LogP contribution in [-0.2, 0) is 11.3 Å². The summed E-state index contributed by atoms with van der Waals surface area (Å²) in [5.74, 6) is 1.16. The molecule has 1 aromatic heterocycles. The van der Waals surface area contributed by atoms with Gasteiger partial charge in [0, 0.05) is 28.0 Å². The maximum atomic E-state index is 12.5. The molecule has 1 aliphatic rings. The lowest BCUT2D eigenvalue weighted by Gasteiger charge is -2.21. The third kappa shape index (κ3) is 4.35. The van der Waals surface area contributed by atoms with Crippen molar-refractivity contribution in [3.8, 4) is 0 Å². The number of nitrogens with zero attached hydrogens (tertiary/aromatic N) is 1. The zero-order valence-electron chi connectivity index (χ0n) is 11.9. The van der Waals surface area contributed by atoms with Gasteiger partial charge in [-0.1, -0.05) is 24.3 Å². The monoisotopic (exact) mass is 317 g/mol. The van der Waals surface area contributed by atoms with Gasteiger partial charge in [-0.3, -0.25) is 4.79 Å². The minimum atomic E-state index is 0.300. The molecule has 1 aromatic carbocycles. The predicted octanol–water partition coefficient (Wildman–Crippen LogP) is 4.42. The molecule has 3 rings (SSSR count). The van der Waals surface area contributed by atoms with Gasteiger partial charge in [0.25, 0.3) is 0 Å². The second kappa shape index (κ2) is 7.14. The topological polar surface area (TPSA) is 20.3 Å². The van der Waals surface area contributed by atoms with Crippen molar-refractivity contribution in [1.29, 1.82) is 0 Å². The fraction of sp³-hybridized carbons (Fsp3) is 0.353. The molecule has 0 radical (unpaired) electrons. The molecule has 0 saturated heterocycles. The number of carbonyl (C=O) groups excluding carboxylic acids is 1. The Hall–Kier alpha value is -1.26. The average Bonchev–Trinajstić information content (AvgIpc) is 3.22. The van der Waals surface area contributed by atoms with Crippen LogP contribution in [0.1, 0.15) is 24.1 Å². The molecule has 2 aromatic rings. The Bertz CT molecular complexity index is 564. The van der Waals surface area contributed by atoms with Crippen molar-refractivity contribution in [3.63, 3.8) is 0 Å². The fourth-order valence-corrected chi connectivity index (χ4v) is 3.86. The first-order valence-corrected chi connectivity index (χ1v) is 9.19. The number of rotatable bonds is 7. The van der Waals surface area contributed by atoms with Gasteiger partial charge in [-0.05, 0) is 36.4 Å². The van der Waals surface area contributed by atoms with Crippen LogP contribution < -0.4 is 0 Å². The minimum absolute atomic E-state index is 0.300. The van der Waals surface area contributed by atoms with E-state index in [1.165, 1.54) is 22.6 Å². The third-order valence-electron chi connectivity index (χ3n) is 3.54. The number of hydrogen-bond acceptors (Lipinski definition) is 3. The van der Waals surface area contributed by atoms with E-state index in [4.69, 9.17) is 0 Å². The van der Waals surface area contributed by atoms with Crippen LogP contribution in [0.15, 0.2) is 52.7 Å². The summed E-state index contributed by atoms with van der Waals surface area (Å²) in [6.45, 7) is 0.789. The molecule has 1 heterocycles. The zero-order valence-corrected chi connectivity index (χ0v) is 13.5. The van der Waals surface area contributed by atoms with Crippen molar-refractivity contribution in [3.05, 3.63) is 52.7 Å². The standard InChI is InChI=1S/C17H19NOS2/c19-17(10-12-21-15-5-2-1-3-6-15)18(14-8-9-14)13-16-7-4-11-20-16/h1-7,11,14H,8-10,12-13H2. The van der Waals surface area contributed by atoms with Crippen molar-refractivity contribution >= 4 is 29.0 Å². The van der Waals surface area contributed by atoms with E-state index in [2.05, 4.69) is 34.5 Å². The van der Waals surface area contributed by atoms with Crippen LogP contribution in [-0.4, -0.2) is 22.6 Å². The van der Waals surface area contributed by atoms with Crippen molar-refractivity contribution < 1.29 is 4.79 Å². The second-order valence-electron chi connectivity index (χ2n) is 5.24. The molecular formula is C17H19NOS2. The second-order valence-corrected chi connectivity index (χ2v) is 7.44. The summed E-state index contributed by atoms with van der Waals surface area (Å²) in [6.07, 6.45) is 2.97. The number of thiophene rings is 1. The van der Waals surface area contributed by atoms with Crippen LogP contribution in [0, 0.1) is 0 Å². The molecule has 1 aliphatic carbocycles. The van der Waals surface area contributed by atoms with Crippen LogP contribution in [0.3, 0.4) is 0 Å². The average molecular weight is 317 g/mol. The van der Waals surface area contributed by atoms with Gasteiger partial charge in [-0.25, -0.2) is 0 Å². The summed E-state index contributed by atoms with van der Waals surface area (Å²) in [7, 11) is 0. The summed E-state index contributed by atoms with van der Waals surface area (Å²) in [6, 6.07) is 15.0. The highest BCUT2D eigenvalue weighted by molar-refractivity contribution is 7.99. The van der Waals surface area contributed by atoms with Gasteiger partial charge < -0.3 is 4.90 Å². The summed E-state index contributed by atoms with van der Waals surface area (Å²) < 4.78 is 0. The van der Waals surface area contributed by atoms with E-state index in [1.807, 2.05) is 18.2 Å². The van der Waals surface area contributed by atoms with Gasteiger partial charge in [0.15, 0.2) is 0 Å². The van der Waals surface area contributed by atoms with E-state index in [-0.39, 0.29) is 0 Å². The van der Waals surface area contributed by atoms with Gasteiger partial charge in [0.05, 0.1) is 6.54 Å². The quantitative estimate of drug-likeness (QED) is 0.705. The number of benzene rings is 1. The first kappa shape index (κ1) is 14.7. The molecule has 0 aliphatic heterocycles. The highest BCUT2D eigenvalue weighted by Gasteiger charge is 2.32. The summed E-state index contributed by atoms with van der Waals surface area (Å²) in [4.78, 5) is 17.1. The SMILES string of the molecule is O=C(CCSc1ccccc1)N(Cc1cccs1)C1CC1. The first-order valence-electron chi connectivity index (χ1n) is 7.32. The summed E-state index contributed by atoms with van der Waals surface area (Å²) in [5, 5.41) is 2.08. The maximum Gasteiger partial charge on any atom is 0.223 e. The van der Waals surface area contributed by atoms with Crippen LogP contribution >= 0.6 is 23.1 Å². The lowest BCUT2D eigenvalue weighted by atomic mass is 10.3. The smallest absolute Gasteiger partial charge is 0.223 e. The summed E-state index contributed by atoms with van der Waals surface area (Å²) >= 11 is 3.50. The Morgan fingerprint density at radius 1 is 1.19 bits per heavy atom. The van der Waals surface area contributed by atoms with Crippen molar-refractivity contribution in [1.82, 2.24) is 4.90 Å². The van der Waals surface area contributed by atoms with Gasteiger partial charge in [0.1, 0.15) is 0 Å². The van der Waals surface area contributed by atoms with Crippen molar-refractivity contribution in [2.75, 3.05) is 5.75 Å². The number of hydrogen-bond donors (Lipinski definition) is 0. The summed E-state index contributed by atoms with van der Waals surface area (Å²) in [5.41, 5.74) is 0. The van der Waals surface area contributed by atoms with E-state index >= 15 is 0 Å². The van der Waals surface area contributed by atoms with Gasteiger partial charge >= 0.3 is 0 Å². The van der Waals surface area contributed by atoms with Crippen LogP contribution in [0.2, 0.25) is 0 Å². The molecule has 110 valence electrons. The fourth-order valence-electron chi connectivity index (χ4n) is 2.29. The number of carbonyl (C=O) groups is 1. The third-order valence-corrected chi connectivity index (χ3v) is 5.42. The van der Waals surface area contributed by atoms with Crippen LogP contribution in [0.25, 0.3) is 0 Å². The Morgan fingerprint density at radius 2 is 2.00 bits per heavy atom. The molecule has 2 nitrogen and oxygen atoms in total. The molecule has 21 heavy (non-hydrogen) atoms. The molecule has 0 bridgehead atoms. The van der Waals surface area contributed by atoms with Gasteiger partial charge in [-0.15, -0.1) is 23.1 Å². The molecule has 4 heteroatoms. The molecule has 1 saturated carbocycles. The minimum Gasteiger partial charge on any atom is -0.335 e. The molecule has 1 fully saturated rings. The Kier molecular flexibility index (Phi) is 4.99. The Labute approximate surface area is 134 Å². The van der Waals surface area contributed by atoms with E-state index < -0.39 is 0 Å². The Balaban J connectivity index is 1.50. The first-order chi connectivity index (χ1) is 10.3. The van der Waals surface area contributed by atoms with E-state index in [9.17, 15) is 4.79 Å². The normalized spacial score (nSPS) is 14.1. The largest absolute Gasteiger partial charge is 0.335 e. The molecule has 0 N–H and O–H groups in total. The van der Waals surface area contributed by atoms with Crippen molar-refractivity contribution in [2.45, 2.75) is 36.7 Å². The van der Waals surface area contributed by atoms with Gasteiger partial charge in [-0.2, -0.15) is 0 Å². The van der Waals surface area contributed by atoms with E-state index in [0.29, 0.717) is 18.4 Å². The number of amides is 1. The maximum absolute atomic E-state index is 12.5. The van der Waals surface area contributed by atoms with E-state index in [0.717, 1.165) is 12.3 Å². The van der Waals surface area contributed by atoms with Crippen LogP contribution in [0.4, 0.5) is 0 Å². The predicted molar refractivity (Wildman–Crippen MR) is 89.7 cm³/mol. The molecular weight excluding hydrogens is 298 g/mol. The lowest BCUT2D eigenvalue weighted by molar-refractivity contribution is -0.131. The molecule has 0 atom stereocenters. The number of thioether (sulfide) groups is 1. The highest BCUT2D eigenvalue weighted by Crippen LogP contribution is 2.30. The Morgan fingerprint density at radius 3 is 2.67 bits per heavy atom. The molecule has 0 unspecified atom stereocenters. The molecule has 1 amide bonds. The van der Waals surface area contributed by atoms with Crippen molar-refractivity contribution in [2.24, 2.45) is 0 Å². The van der Waals surface area contributed by atoms with Crippen LogP contribution in [0.5, 0.6) is 0 Å². The zero-order chi connectivity index (χ0) is 14.5. The lowest BCUT2D eigenvalue weighted by Crippen LogP contribution is -2.32. The highest BCUT2D eigenvalue weighted by atomic mass is 32.2. The van der Waals surface area contributed by atoms with Gasteiger partial charge in [0.2, 0.25) is 5.91 Å². The molecule has 0 spiro atoms. The van der Waals surface area contributed by atoms with E-state index in [1.54, 1.807) is 23.1 Å².